The summed E-state index contributed by atoms with van der Waals surface area (Å²) < 4.78 is 46.0. The van der Waals surface area contributed by atoms with E-state index < -0.39 is 33.8 Å². The highest BCUT2D eigenvalue weighted by Gasteiger charge is 2.22. The van der Waals surface area contributed by atoms with E-state index in [2.05, 4.69) is 5.32 Å². The minimum Gasteiger partial charge on any atom is -0.449 e. The molecule has 0 saturated carbocycles. The van der Waals surface area contributed by atoms with Gasteiger partial charge in [-0.1, -0.05) is 0 Å². The summed E-state index contributed by atoms with van der Waals surface area (Å²) in [7, 11) is -3.84. The molecule has 0 aliphatic rings. The summed E-state index contributed by atoms with van der Waals surface area (Å²) in [6.45, 7) is 1.37. The monoisotopic (exact) mass is 432 g/mol. The van der Waals surface area contributed by atoms with Crippen molar-refractivity contribution in [2.24, 2.45) is 5.14 Å². The molecule has 2 aromatic carbocycles. The second-order valence-corrected chi connectivity index (χ2v) is 7.84. The first-order valence-electron chi connectivity index (χ1n) is 8.64. The number of carbonyl (C=O) groups excluding carboxylic acids is 2. The van der Waals surface area contributed by atoms with Crippen molar-refractivity contribution in [3.05, 3.63) is 72.2 Å². The SMILES string of the molecule is CC(OC(=O)c1ccc(-c2ccc(F)cc2)o1)C(=O)Nc1ccc(S(N)(=O)=O)cc1. The third kappa shape index (κ3) is 5.10. The zero-order chi connectivity index (χ0) is 21.9. The number of halogens is 1. The van der Waals surface area contributed by atoms with Crippen LogP contribution in [0.4, 0.5) is 10.1 Å². The van der Waals surface area contributed by atoms with Crippen LogP contribution in [0.3, 0.4) is 0 Å². The summed E-state index contributed by atoms with van der Waals surface area (Å²) in [6, 6.07) is 13.6. The fraction of sp³-hybridized carbons (Fsp3) is 0.100. The van der Waals surface area contributed by atoms with Crippen molar-refractivity contribution in [3.63, 3.8) is 0 Å². The number of sulfonamides is 1. The number of nitrogens with one attached hydrogen (secondary N) is 1. The minimum atomic E-state index is -3.84. The number of rotatable bonds is 6. The van der Waals surface area contributed by atoms with Gasteiger partial charge in [0.25, 0.3) is 5.91 Å². The second kappa shape index (κ2) is 8.47. The number of hydrogen-bond acceptors (Lipinski definition) is 6. The van der Waals surface area contributed by atoms with E-state index in [-0.39, 0.29) is 10.7 Å². The number of hydrogen-bond donors (Lipinski definition) is 2. The smallest absolute Gasteiger partial charge is 0.375 e. The predicted molar refractivity (Wildman–Crippen MR) is 105 cm³/mol. The number of amides is 1. The fourth-order valence-corrected chi connectivity index (χ4v) is 2.98. The van der Waals surface area contributed by atoms with Gasteiger partial charge >= 0.3 is 5.97 Å². The van der Waals surface area contributed by atoms with Crippen LogP contribution in [-0.2, 0) is 19.6 Å². The zero-order valence-electron chi connectivity index (χ0n) is 15.7. The van der Waals surface area contributed by atoms with E-state index >= 15 is 0 Å². The molecule has 10 heteroatoms. The second-order valence-electron chi connectivity index (χ2n) is 6.28. The number of esters is 1. The van der Waals surface area contributed by atoms with Crippen molar-refractivity contribution in [2.45, 2.75) is 17.9 Å². The third-order valence-corrected chi connectivity index (χ3v) is 4.97. The Labute approximate surface area is 171 Å². The van der Waals surface area contributed by atoms with Crippen LogP contribution in [-0.4, -0.2) is 26.4 Å². The van der Waals surface area contributed by atoms with Crippen molar-refractivity contribution < 1.29 is 31.6 Å². The molecule has 0 fully saturated rings. The molecule has 3 N–H and O–H groups in total. The molecular weight excluding hydrogens is 415 g/mol. The largest absolute Gasteiger partial charge is 0.449 e. The number of furan rings is 1. The van der Waals surface area contributed by atoms with Crippen LogP contribution in [0.1, 0.15) is 17.5 Å². The molecule has 0 radical (unpaired) electrons. The first kappa shape index (κ1) is 21.2. The topological polar surface area (TPSA) is 129 Å². The molecule has 1 amide bonds. The van der Waals surface area contributed by atoms with Gasteiger partial charge in [-0.2, -0.15) is 0 Å². The van der Waals surface area contributed by atoms with Crippen LogP contribution in [0.15, 0.2) is 70.0 Å². The van der Waals surface area contributed by atoms with Gasteiger partial charge in [-0.3, -0.25) is 4.79 Å². The Morgan fingerprint density at radius 2 is 1.67 bits per heavy atom. The first-order valence-corrected chi connectivity index (χ1v) is 10.2. The Balaban J connectivity index is 1.61. The average Bonchev–Trinajstić information content (AvgIpc) is 3.18. The molecule has 0 saturated heterocycles. The number of carbonyl (C=O) groups is 2. The summed E-state index contributed by atoms with van der Waals surface area (Å²) in [5, 5.41) is 7.51. The lowest BCUT2D eigenvalue weighted by atomic mass is 10.2. The first-order chi connectivity index (χ1) is 14.1. The van der Waals surface area contributed by atoms with Gasteiger partial charge in [-0.25, -0.2) is 22.7 Å². The van der Waals surface area contributed by atoms with Gasteiger partial charge in [-0.15, -0.1) is 0 Å². The highest BCUT2D eigenvalue weighted by molar-refractivity contribution is 7.89. The van der Waals surface area contributed by atoms with Crippen molar-refractivity contribution in [2.75, 3.05) is 5.32 Å². The van der Waals surface area contributed by atoms with Crippen molar-refractivity contribution in [1.82, 2.24) is 0 Å². The van der Waals surface area contributed by atoms with E-state index in [0.29, 0.717) is 17.0 Å². The van der Waals surface area contributed by atoms with Gasteiger partial charge < -0.3 is 14.5 Å². The molecule has 0 aliphatic carbocycles. The van der Waals surface area contributed by atoms with E-state index in [9.17, 15) is 22.4 Å². The summed E-state index contributed by atoms with van der Waals surface area (Å²) in [6.07, 6.45) is -1.16. The van der Waals surface area contributed by atoms with Gasteiger partial charge in [0.05, 0.1) is 4.90 Å². The normalized spacial score (nSPS) is 12.2. The van der Waals surface area contributed by atoms with E-state index in [0.717, 1.165) is 0 Å². The van der Waals surface area contributed by atoms with Gasteiger partial charge in [0, 0.05) is 11.3 Å². The van der Waals surface area contributed by atoms with Gasteiger partial charge in [0.15, 0.2) is 6.10 Å². The summed E-state index contributed by atoms with van der Waals surface area (Å²) in [5.41, 5.74) is 0.871. The molecular formula is C20H17FN2O6S. The fourth-order valence-electron chi connectivity index (χ4n) is 2.46. The summed E-state index contributed by atoms with van der Waals surface area (Å²) in [5.74, 6) is -1.66. The molecule has 156 valence electrons. The molecule has 0 bridgehead atoms. The van der Waals surface area contributed by atoms with Crippen LogP contribution in [0, 0.1) is 5.82 Å². The van der Waals surface area contributed by atoms with E-state index in [1.165, 1.54) is 67.6 Å². The highest BCUT2D eigenvalue weighted by Crippen LogP contribution is 2.23. The van der Waals surface area contributed by atoms with Crippen molar-refractivity contribution in [3.8, 4) is 11.3 Å². The summed E-state index contributed by atoms with van der Waals surface area (Å²) in [4.78, 5) is 24.3. The zero-order valence-corrected chi connectivity index (χ0v) is 16.5. The number of benzene rings is 2. The molecule has 3 rings (SSSR count). The van der Waals surface area contributed by atoms with Crippen LogP contribution in [0.25, 0.3) is 11.3 Å². The number of ether oxygens (including phenoxy) is 1. The standard InChI is InChI=1S/C20H17FN2O6S/c1-12(19(24)23-15-6-8-16(9-7-15)30(22,26)27)28-20(25)18-11-10-17(29-18)13-2-4-14(21)5-3-13/h2-12H,1H3,(H,23,24)(H2,22,26,27). The quantitative estimate of drug-likeness (QED) is 0.576. The van der Waals surface area contributed by atoms with Crippen LogP contribution < -0.4 is 10.5 Å². The third-order valence-electron chi connectivity index (χ3n) is 4.04. The number of nitrogens with two attached hydrogens (primary N) is 1. The Hall–Kier alpha value is -3.50. The van der Waals surface area contributed by atoms with E-state index in [4.69, 9.17) is 14.3 Å². The Kier molecular flexibility index (Phi) is 5.99. The number of anilines is 1. The van der Waals surface area contributed by atoms with Gasteiger partial charge in [0.1, 0.15) is 11.6 Å². The lowest BCUT2D eigenvalue weighted by Gasteiger charge is -2.13. The molecule has 1 unspecified atom stereocenters. The molecule has 1 heterocycles. The molecule has 30 heavy (non-hydrogen) atoms. The molecule has 8 nitrogen and oxygen atoms in total. The summed E-state index contributed by atoms with van der Waals surface area (Å²) >= 11 is 0. The van der Waals surface area contributed by atoms with Gasteiger partial charge in [-0.05, 0) is 67.6 Å². The highest BCUT2D eigenvalue weighted by atomic mass is 32.2. The Morgan fingerprint density at radius 3 is 2.27 bits per heavy atom. The molecule has 0 spiro atoms. The predicted octanol–water partition coefficient (Wildman–Crippen LogP) is 2.92. The van der Waals surface area contributed by atoms with Gasteiger partial charge in [0.2, 0.25) is 15.8 Å². The number of primary sulfonamides is 1. The minimum absolute atomic E-state index is 0.102. The molecule has 0 aliphatic heterocycles. The lowest BCUT2D eigenvalue weighted by molar-refractivity contribution is -0.123. The molecule has 1 atom stereocenters. The van der Waals surface area contributed by atoms with E-state index in [1.807, 2.05) is 0 Å². The van der Waals surface area contributed by atoms with Crippen LogP contribution in [0.2, 0.25) is 0 Å². The molecule has 1 aromatic heterocycles. The van der Waals surface area contributed by atoms with Crippen LogP contribution >= 0.6 is 0 Å². The van der Waals surface area contributed by atoms with Crippen molar-refractivity contribution in [1.29, 1.82) is 0 Å². The van der Waals surface area contributed by atoms with Crippen molar-refractivity contribution >= 4 is 27.6 Å². The average molecular weight is 432 g/mol. The maximum absolute atomic E-state index is 13.0. The lowest BCUT2D eigenvalue weighted by Crippen LogP contribution is -2.29. The van der Waals surface area contributed by atoms with Crippen LogP contribution in [0.5, 0.6) is 0 Å². The maximum atomic E-state index is 13.0. The molecule has 3 aromatic rings. The van der Waals surface area contributed by atoms with E-state index in [1.54, 1.807) is 0 Å². The maximum Gasteiger partial charge on any atom is 0.375 e. The Morgan fingerprint density at radius 1 is 1.03 bits per heavy atom. The Bertz CT molecular complexity index is 1170.